The molecule has 0 radical (unpaired) electrons. The Morgan fingerprint density at radius 3 is 1.27 bits per heavy atom. The lowest BCUT2D eigenvalue weighted by Crippen LogP contribution is -2.29. The minimum atomic E-state index is -4.78. The summed E-state index contributed by atoms with van der Waals surface area (Å²) in [5, 5.41) is 0. The van der Waals surface area contributed by atoms with Crippen molar-refractivity contribution in [3.05, 3.63) is 72.9 Å². The molecule has 0 aliphatic carbocycles. The Kier molecular flexibility index (Phi) is 44.1. The summed E-state index contributed by atoms with van der Waals surface area (Å²) < 4.78 is 26.4. The lowest BCUT2D eigenvalue weighted by Gasteiger charge is -2.18. The molecule has 9 heteroatoms. The molecule has 0 aromatic rings. The molecule has 0 spiro atoms. The van der Waals surface area contributed by atoms with Crippen LogP contribution in [0.4, 0.5) is 0 Å². The molecular formula is C51H89O8P. The van der Waals surface area contributed by atoms with Gasteiger partial charge >= 0.3 is 19.8 Å². The summed E-state index contributed by atoms with van der Waals surface area (Å²) in [5.41, 5.74) is 0. The molecule has 0 aliphatic heterocycles. The van der Waals surface area contributed by atoms with Gasteiger partial charge in [-0.1, -0.05) is 189 Å². The van der Waals surface area contributed by atoms with Crippen LogP contribution < -0.4 is 0 Å². The van der Waals surface area contributed by atoms with Crippen molar-refractivity contribution in [3.8, 4) is 0 Å². The molecule has 346 valence electrons. The summed E-state index contributed by atoms with van der Waals surface area (Å²) in [6.45, 7) is 3.62. The van der Waals surface area contributed by atoms with Crippen molar-refractivity contribution in [2.24, 2.45) is 0 Å². The molecule has 0 aromatic heterocycles. The third-order valence-corrected chi connectivity index (χ3v) is 10.7. The molecule has 0 unspecified atom stereocenters. The van der Waals surface area contributed by atoms with Crippen molar-refractivity contribution < 1.29 is 37.9 Å². The molecule has 0 saturated carbocycles. The average Bonchev–Trinajstić information content (AvgIpc) is 3.22. The molecule has 0 fully saturated rings. The molecule has 0 saturated heterocycles. The third kappa shape index (κ3) is 48.2. The summed E-state index contributed by atoms with van der Waals surface area (Å²) in [7, 11) is -4.78. The summed E-state index contributed by atoms with van der Waals surface area (Å²) in [6, 6.07) is 0. The zero-order chi connectivity index (χ0) is 43.9. The highest BCUT2D eigenvalue weighted by molar-refractivity contribution is 7.46. The minimum Gasteiger partial charge on any atom is -0.462 e. The van der Waals surface area contributed by atoms with Gasteiger partial charge in [-0.3, -0.25) is 14.1 Å². The van der Waals surface area contributed by atoms with Crippen LogP contribution in [0.3, 0.4) is 0 Å². The predicted molar refractivity (Wildman–Crippen MR) is 253 cm³/mol. The fourth-order valence-corrected chi connectivity index (χ4v) is 6.91. The highest BCUT2D eigenvalue weighted by Crippen LogP contribution is 2.36. The normalized spacial score (nSPS) is 13.1. The first-order valence-electron chi connectivity index (χ1n) is 24.2. The van der Waals surface area contributed by atoms with E-state index in [0.29, 0.717) is 12.8 Å². The molecule has 60 heavy (non-hydrogen) atoms. The SMILES string of the molecule is CCCCC/C=C/C/C=C/C/C=C/C/C=C/CCCCCC(=O)O[C@H](COC(=O)CCC/C=C/CC/C=C/CCCCCCCCCCCCCCCC)COP(=O)(O)O. The highest BCUT2D eigenvalue weighted by Gasteiger charge is 2.22. The number of rotatable bonds is 44. The first-order chi connectivity index (χ1) is 29.3. The zero-order valence-electron chi connectivity index (χ0n) is 38.3. The zero-order valence-corrected chi connectivity index (χ0v) is 39.2. The van der Waals surface area contributed by atoms with Gasteiger partial charge in [0.15, 0.2) is 6.10 Å². The second kappa shape index (κ2) is 46.0. The van der Waals surface area contributed by atoms with E-state index in [4.69, 9.17) is 19.3 Å². The molecule has 0 bridgehead atoms. The number of ether oxygens (including phenoxy) is 2. The Bertz CT molecular complexity index is 1200. The summed E-state index contributed by atoms with van der Waals surface area (Å²) in [5.74, 6) is -0.971. The number of hydrogen-bond donors (Lipinski definition) is 2. The van der Waals surface area contributed by atoms with E-state index in [1.54, 1.807) is 0 Å². The van der Waals surface area contributed by atoms with E-state index in [0.717, 1.165) is 64.2 Å². The van der Waals surface area contributed by atoms with Gasteiger partial charge in [0.2, 0.25) is 0 Å². The number of phosphoric ester groups is 1. The average molecular weight is 861 g/mol. The van der Waals surface area contributed by atoms with Gasteiger partial charge in [0.1, 0.15) is 6.61 Å². The smallest absolute Gasteiger partial charge is 0.462 e. The van der Waals surface area contributed by atoms with Gasteiger partial charge in [0.25, 0.3) is 0 Å². The van der Waals surface area contributed by atoms with E-state index >= 15 is 0 Å². The Balaban J connectivity index is 3.96. The summed E-state index contributed by atoms with van der Waals surface area (Å²) in [4.78, 5) is 43.0. The second-order valence-corrected chi connectivity index (χ2v) is 17.3. The number of hydrogen-bond acceptors (Lipinski definition) is 6. The van der Waals surface area contributed by atoms with Crippen LogP contribution in [0.2, 0.25) is 0 Å². The van der Waals surface area contributed by atoms with Crippen LogP contribution in [0.1, 0.15) is 219 Å². The van der Waals surface area contributed by atoms with E-state index in [9.17, 15) is 14.2 Å². The highest BCUT2D eigenvalue weighted by atomic mass is 31.2. The molecular weight excluding hydrogens is 772 g/mol. The lowest BCUT2D eigenvalue weighted by atomic mass is 10.0. The van der Waals surface area contributed by atoms with Crippen LogP contribution in [-0.2, 0) is 28.2 Å². The molecule has 8 nitrogen and oxygen atoms in total. The number of carbonyl (C=O) groups excluding carboxylic acids is 2. The maximum Gasteiger partial charge on any atom is 0.469 e. The third-order valence-electron chi connectivity index (χ3n) is 10.2. The molecule has 0 rings (SSSR count). The van der Waals surface area contributed by atoms with Crippen molar-refractivity contribution in [1.82, 2.24) is 0 Å². The number of phosphoric acid groups is 1. The molecule has 0 amide bonds. The molecule has 0 heterocycles. The van der Waals surface area contributed by atoms with E-state index in [-0.39, 0.29) is 19.4 Å². The van der Waals surface area contributed by atoms with Gasteiger partial charge in [-0.15, -0.1) is 0 Å². The topological polar surface area (TPSA) is 119 Å². The van der Waals surface area contributed by atoms with Crippen LogP contribution in [0, 0.1) is 0 Å². The first kappa shape index (κ1) is 57.5. The van der Waals surface area contributed by atoms with Gasteiger partial charge in [0.05, 0.1) is 6.61 Å². The van der Waals surface area contributed by atoms with Gasteiger partial charge in [-0.2, -0.15) is 0 Å². The van der Waals surface area contributed by atoms with Crippen LogP contribution in [0.25, 0.3) is 0 Å². The quantitative estimate of drug-likeness (QED) is 0.0269. The fraction of sp³-hybridized carbons (Fsp3) is 0.725. The molecule has 0 aromatic carbocycles. The van der Waals surface area contributed by atoms with Gasteiger partial charge in [-0.05, 0) is 89.9 Å². The first-order valence-corrected chi connectivity index (χ1v) is 25.8. The van der Waals surface area contributed by atoms with Crippen molar-refractivity contribution >= 4 is 19.8 Å². The Morgan fingerprint density at radius 1 is 0.433 bits per heavy atom. The minimum absolute atomic E-state index is 0.163. The Labute approximate surface area is 368 Å². The van der Waals surface area contributed by atoms with E-state index in [1.807, 2.05) is 0 Å². The van der Waals surface area contributed by atoms with Gasteiger partial charge in [0, 0.05) is 12.8 Å². The Hall–Kier alpha value is -2.51. The largest absolute Gasteiger partial charge is 0.469 e. The summed E-state index contributed by atoms with van der Waals surface area (Å²) >= 11 is 0. The van der Waals surface area contributed by atoms with Crippen molar-refractivity contribution in [3.63, 3.8) is 0 Å². The van der Waals surface area contributed by atoms with Crippen LogP contribution in [0.5, 0.6) is 0 Å². The van der Waals surface area contributed by atoms with Crippen molar-refractivity contribution in [1.29, 1.82) is 0 Å². The van der Waals surface area contributed by atoms with E-state index in [2.05, 4.69) is 91.3 Å². The number of unbranched alkanes of at least 4 members (excludes halogenated alkanes) is 22. The Morgan fingerprint density at radius 2 is 0.783 bits per heavy atom. The van der Waals surface area contributed by atoms with Crippen molar-refractivity contribution in [2.45, 2.75) is 225 Å². The van der Waals surface area contributed by atoms with Crippen LogP contribution >= 0.6 is 7.82 Å². The number of esters is 2. The van der Waals surface area contributed by atoms with Gasteiger partial charge in [-0.25, -0.2) is 4.57 Å². The maximum atomic E-state index is 12.4. The monoisotopic (exact) mass is 861 g/mol. The van der Waals surface area contributed by atoms with Crippen LogP contribution in [-0.4, -0.2) is 41.0 Å². The van der Waals surface area contributed by atoms with Gasteiger partial charge < -0.3 is 19.3 Å². The number of carbonyl (C=O) groups is 2. The fourth-order valence-electron chi connectivity index (χ4n) is 6.55. The standard InChI is InChI=1S/C51H89O8P/c1-3-5-7-9-11-13-15-17-19-21-23-24-25-26-28-29-31-33-35-37-39-41-43-45-50(52)57-47-49(48-58-60(54,55)56)59-51(53)46-44-42-40-38-36-34-32-30-27-22-20-18-16-14-12-10-8-6-4-2/h12,14,18,20,27,29-31,34,36-37,39,49H,3-11,13,15-17,19,21-26,28,32-33,35,38,40-48H2,1-2H3,(H2,54,55,56)/b14-12+,20-18+,30-27+,31-29+,36-34+,39-37+/t49-/m1/s1. The molecule has 0 aliphatic rings. The second-order valence-electron chi connectivity index (χ2n) is 16.1. The lowest BCUT2D eigenvalue weighted by molar-refractivity contribution is -0.161. The number of allylic oxidation sites excluding steroid dienone is 12. The van der Waals surface area contributed by atoms with Crippen LogP contribution in [0.15, 0.2) is 72.9 Å². The van der Waals surface area contributed by atoms with E-state index in [1.165, 1.54) is 116 Å². The van der Waals surface area contributed by atoms with E-state index < -0.39 is 32.5 Å². The maximum absolute atomic E-state index is 12.4. The van der Waals surface area contributed by atoms with Crippen molar-refractivity contribution in [2.75, 3.05) is 13.2 Å². The molecule has 1 atom stereocenters. The predicted octanol–water partition coefficient (Wildman–Crippen LogP) is 15.4. The molecule has 2 N–H and O–H groups in total. The summed E-state index contributed by atoms with van der Waals surface area (Å²) in [6.07, 6.45) is 60.7.